The Labute approximate surface area is 156 Å². The van der Waals surface area contributed by atoms with Crippen LogP contribution in [0.1, 0.15) is 32.6 Å². The lowest BCUT2D eigenvalue weighted by Crippen LogP contribution is -2.42. The van der Waals surface area contributed by atoms with Gasteiger partial charge in [-0.2, -0.15) is 0 Å². The molecule has 1 N–H and O–H groups in total. The molecule has 0 saturated carbocycles. The van der Waals surface area contributed by atoms with Crippen molar-refractivity contribution in [3.05, 3.63) is 40.3 Å². The average Bonchev–Trinajstić information content (AvgIpc) is 3.10. The summed E-state index contributed by atoms with van der Waals surface area (Å²) in [5, 5.41) is 21.8. The van der Waals surface area contributed by atoms with E-state index in [1.165, 1.54) is 12.1 Å². The van der Waals surface area contributed by atoms with Crippen molar-refractivity contribution < 1.29 is 14.1 Å². The maximum Gasteiger partial charge on any atom is 0.269 e. The summed E-state index contributed by atoms with van der Waals surface area (Å²) in [7, 11) is 0. The second-order valence-electron chi connectivity index (χ2n) is 7.02. The minimum Gasteiger partial charge on any atom is -0.419 e. The summed E-state index contributed by atoms with van der Waals surface area (Å²) in [6.07, 6.45) is 1.61. The van der Waals surface area contributed by atoms with Gasteiger partial charge in [0.2, 0.25) is 17.7 Å². The number of piperidine rings is 1. The highest BCUT2D eigenvalue weighted by Crippen LogP contribution is 2.23. The van der Waals surface area contributed by atoms with Gasteiger partial charge < -0.3 is 9.73 Å². The maximum atomic E-state index is 12.1. The van der Waals surface area contributed by atoms with Gasteiger partial charge in [0, 0.05) is 29.7 Å². The summed E-state index contributed by atoms with van der Waals surface area (Å²) in [5.74, 6) is 1.02. The van der Waals surface area contributed by atoms with E-state index in [4.69, 9.17) is 4.42 Å². The lowest BCUT2D eigenvalue weighted by molar-refractivity contribution is -0.384. The van der Waals surface area contributed by atoms with Gasteiger partial charge >= 0.3 is 0 Å². The number of carbonyl (C=O) groups is 1. The second-order valence-corrected chi connectivity index (χ2v) is 7.02. The summed E-state index contributed by atoms with van der Waals surface area (Å²) in [5.41, 5.74) is 0.659. The average molecular weight is 373 g/mol. The molecule has 1 fully saturated rings. The van der Waals surface area contributed by atoms with Crippen LogP contribution in [0.15, 0.2) is 28.7 Å². The molecule has 0 atom stereocenters. The van der Waals surface area contributed by atoms with E-state index in [-0.39, 0.29) is 23.6 Å². The summed E-state index contributed by atoms with van der Waals surface area (Å²) < 4.78 is 5.69. The van der Waals surface area contributed by atoms with Crippen LogP contribution in [0, 0.1) is 16.0 Å². The minimum atomic E-state index is -0.450. The van der Waals surface area contributed by atoms with Crippen LogP contribution in [0.2, 0.25) is 0 Å². The largest absolute Gasteiger partial charge is 0.419 e. The van der Waals surface area contributed by atoms with Gasteiger partial charge in [0.1, 0.15) is 0 Å². The molecule has 1 aromatic carbocycles. The molecule has 0 bridgehead atoms. The first-order chi connectivity index (χ1) is 12.9. The van der Waals surface area contributed by atoms with Gasteiger partial charge in [-0.25, -0.2) is 0 Å². The molecule has 27 heavy (non-hydrogen) atoms. The Hall–Kier alpha value is -2.81. The van der Waals surface area contributed by atoms with Crippen LogP contribution in [0.5, 0.6) is 0 Å². The first-order valence-corrected chi connectivity index (χ1v) is 9.02. The molecule has 1 saturated heterocycles. The monoisotopic (exact) mass is 373 g/mol. The molecule has 0 unspecified atom stereocenters. The van der Waals surface area contributed by atoms with Gasteiger partial charge in [-0.1, -0.05) is 0 Å². The molecule has 9 nitrogen and oxygen atoms in total. The first kappa shape index (κ1) is 19.0. The smallest absolute Gasteiger partial charge is 0.269 e. The number of amides is 1. The molecule has 1 aromatic heterocycles. The van der Waals surface area contributed by atoms with Gasteiger partial charge in [0.05, 0.1) is 11.5 Å². The topological polar surface area (TPSA) is 114 Å². The van der Waals surface area contributed by atoms with Gasteiger partial charge in [0.15, 0.2) is 0 Å². The molecule has 3 rings (SSSR count). The SMILES string of the molecule is CC(C)NC(=O)C1CCN(Cc2nnc(-c3ccc([N+](=O)[O-])cc3)o2)CC1. The lowest BCUT2D eigenvalue weighted by Gasteiger charge is -2.30. The number of benzene rings is 1. The van der Waals surface area contributed by atoms with E-state index in [0.29, 0.717) is 23.9 Å². The number of rotatable bonds is 6. The number of nitro groups is 1. The normalized spacial score (nSPS) is 15.8. The molecule has 1 aliphatic rings. The van der Waals surface area contributed by atoms with E-state index in [9.17, 15) is 14.9 Å². The van der Waals surface area contributed by atoms with Gasteiger partial charge in [-0.15, -0.1) is 10.2 Å². The Kier molecular flexibility index (Phi) is 5.80. The van der Waals surface area contributed by atoms with Crippen LogP contribution in [-0.4, -0.2) is 45.1 Å². The van der Waals surface area contributed by atoms with E-state index in [1.807, 2.05) is 13.8 Å². The van der Waals surface area contributed by atoms with Crippen molar-refractivity contribution >= 4 is 11.6 Å². The highest BCUT2D eigenvalue weighted by atomic mass is 16.6. The third-order valence-electron chi connectivity index (χ3n) is 4.54. The molecular formula is C18H23N5O4. The zero-order valence-electron chi connectivity index (χ0n) is 15.4. The van der Waals surface area contributed by atoms with Crippen molar-refractivity contribution in [2.24, 2.45) is 5.92 Å². The number of nitrogens with zero attached hydrogens (tertiary/aromatic N) is 4. The molecule has 2 aromatic rings. The Morgan fingerprint density at radius 2 is 1.96 bits per heavy atom. The van der Waals surface area contributed by atoms with Crippen molar-refractivity contribution in [2.75, 3.05) is 13.1 Å². The van der Waals surface area contributed by atoms with Crippen molar-refractivity contribution in [2.45, 2.75) is 39.3 Å². The fraction of sp³-hybridized carbons (Fsp3) is 0.500. The number of nitro benzene ring substituents is 1. The Bertz CT molecular complexity index is 794. The highest BCUT2D eigenvalue weighted by Gasteiger charge is 2.26. The molecular weight excluding hydrogens is 350 g/mol. The third-order valence-corrected chi connectivity index (χ3v) is 4.54. The molecule has 0 radical (unpaired) electrons. The van der Waals surface area contributed by atoms with E-state index >= 15 is 0 Å². The molecule has 9 heteroatoms. The predicted octanol–water partition coefficient (Wildman–Crippen LogP) is 2.38. The molecule has 1 aliphatic heterocycles. The molecule has 1 amide bonds. The fourth-order valence-electron chi connectivity index (χ4n) is 3.11. The lowest BCUT2D eigenvalue weighted by atomic mass is 9.95. The molecule has 0 aliphatic carbocycles. The van der Waals surface area contributed by atoms with Gasteiger partial charge in [-0.05, 0) is 51.9 Å². The number of carbonyl (C=O) groups excluding carboxylic acids is 1. The van der Waals surface area contributed by atoms with Crippen LogP contribution < -0.4 is 5.32 Å². The molecule has 2 heterocycles. The fourth-order valence-corrected chi connectivity index (χ4v) is 3.11. The summed E-state index contributed by atoms with van der Waals surface area (Å²) in [4.78, 5) is 24.5. The summed E-state index contributed by atoms with van der Waals surface area (Å²) >= 11 is 0. The first-order valence-electron chi connectivity index (χ1n) is 9.02. The summed E-state index contributed by atoms with van der Waals surface area (Å²) in [6.45, 7) is 6.05. The van der Waals surface area contributed by atoms with Gasteiger partial charge in [-0.3, -0.25) is 19.8 Å². The minimum absolute atomic E-state index is 0.0165. The van der Waals surface area contributed by atoms with Crippen LogP contribution in [0.4, 0.5) is 5.69 Å². The number of nitrogens with one attached hydrogen (secondary N) is 1. The number of hydrogen-bond donors (Lipinski definition) is 1. The Morgan fingerprint density at radius 1 is 1.30 bits per heavy atom. The van der Waals surface area contributed by atoms with Crippen molar-refractivity contribution in [3.63, 3.8) is 0 Å². The van der Waals surface area contributed by atoms with Crippen LogP contribution in [0.25, 0.3) is 11.5 Å². The van der Waals surface area contributed by atoms with Crippen LogP contribution in [-0.2, 0) is 11.3 Å². The standard InChI is InChI=1S/C18H23N5O4/c1-12(2)19-17(24)13-7-9-22(10-8-13)11-16-20-21-18(27-16)14-3-5-15(6-4-14)23(25)26/h3-6,12-13H,7-11H2,1-2H3,(H,19,24). The zero-order chi connectivity index (χ0) is 19.4. The van der Waals surface area contributed by atoms with E-state index in [1.54, 1.807) is 12.1 Å². The van der Waals surface area contributed by atoms with E-state index < -0.39 is 4.92 Å². The number of aromatic nitrogens is 2. The molecule has 144 valence electrons. The second kappa shape index (κ2) is 8.26. The highest BCUT2D eigenvalue weighted by molar-refractivity contribution is 5.78. The maximum absolute atomic E-state index is 12.1. The third kappa shape index (κ3) is 4.88. The van der Waals surface area contributed by atoms with Crippen LogP contribution >= 0.6 is 0 Å². The van der Waals surface area contributed by atoms with Crippen LogP contribution in [0.3, 0.4) is 0 Å². The van der Waals surface area contributed by atoms with E-state index in [2.05, 4.69) is 20.4 Å². The molecule has 0 spiro atoms. The number of non-ortho nitro benzene ring substituents is 1. The predicted molar refractivity (Wildman–Crippen MR) is 97.7 cm³/mol. The quantitative estimate of drug-likeness (QED) is 0.610. The van der Waals surface area contributed by atoms with Crippen molar-refractivity contribution in [1.29, 1.82) is 0 Å². The summed E-state index contributed by atoms with van der Waals surface area (Å²) in [6, 6.07) is 6.16. The van der Waals surface area contributed by atoms with Gasteiger partial charge in [0.25, 0.3) is 5.69 Å². The Balaban J connectivity index is 1.54. The van der Waals surface area contributed by atoms with Crippen molar-refractivity contribution in [1.82, 2.24) is 20.4 Å². The van der Waals surface area contributed by atoms with Crippen molar-refractivity contribution in [3.8, 4) is 11.5 Å². The van der Waals surface area contributed by atoms with E-state index in [0.717, 1.165) is 25.9 Å². The number of likely N-dealkylation sites (tertiary alicyclic amines) is 1. The zero-order valence-corrected chi connectivity index (χ0v) is 15.4. The number of hydrogen-bond acceptors (Lipinski definition) is 7. The Morgan fingerprint density at radius 3 is 2.56 bits per heavy atom.